The molecule has 19 heavy (non-hydrogen) atoms. The van der Waals surface area contributed by atoms with Crippen molar-refractivity contribution in [2.45, 2.75) is 39.7 Å². The van der Waals surface area contributed by atoms with Gasteiger partial charge in [0.1, 0.15) is 0 Å². The van der Waals surface area contributed by atoms with Gasteiger partial charge in [0.25, 0.3) is 0 Å². The van der Waals surface area contributed by atoms with E-state index in [0.29, 0.717) is 12.2 Å². The minimum absolute atomic E-state index is 0.241. The second-order valence-electron chi connectivity index (χ2n) is 5.05. The normalized spacial score (nSPS) is 15.1. The molecule has 0 aliphatic carbocycles. The number of likely N-dealkylation sites (N-methyl/N-ethyl adjacent to an activating group) is 1. The Labute approximate surface area is 114 Å². The van der Waals surface area contributed by atoms with E-state index in [-0.39, 0.29) is 5.97 Å². The van der Waals surface area contributed by atoms with E-state index in [1.54, 1.807) is 0 Å². The van der Waals surface area contributed by atoms with Gasteiger partial charge in [0, 0.05) is 25.2 Å². The highest BCUT2D eigenvalue weighted by Gasteiger charge is 2.21. The topological polar surface area (TPSA) is 42.4 Å². The Morgan fingerprint density at radius 1 is 1.47 bits per heavy atom. The van der Waals surface area contributed by atoms with Gasteiger partial charge in [-0.2, -0.15) is 0 Å². The molecule has 1 aliphatic heterocycles. The highest BCUT2D eigenvalue weighted by atomic mass is 16.5. The zero-order valence-corrected chi connectivity index (χ0v) is 12.0. The predicted octanol–water partition coefficient (Wildman–Crippen LogP) is 2.20. The van der Waals surface area contributed by atoms with Gasteiger partial charge in [-0.1, -0.05) is 13.3 Å². The predicted molar refractivity (Wildman–Crippen MR) is 74.2 cm³/mol. The number of pyridine rings is 1. The van der Waals surface area contributed by atoms with Gasteiger partial charge in [-0.3, -0.25) is 4.98 Å². The molecule has 0 fully saturated rings. The van der Waals surface area contributed by atoms with Crippen molar-refractivity contribution < 1.29 is 9.53 Å². The summed E-state index contributed by atoms with van der Waals surface area (Å²) in [5.41, 5.74) is 3.85. The monoisotopic (exact) mass is 262 g/mol. The zero-order valence-electron chi connectivity index (χ0n) is 12.0. The highest BCUT2D eigenvalue weighted by molar-refractivity contribution is 5.91. The molecule has 0 N–H and O–H groups in total. The summed E-state index contributed by atoms with van der Waals surface area (Å²) in [6, 6.07) is 1.99. The van der Waals surface area contributed by atoms with Crippen LogP contribution in [0.15, 0.2) is 6.07 Å². The molecule has 0 spiro atoms. The quantitative estimate of drug-likeness (QED) is 0.780. The van der Waals surface area contributed by atoms with E-state index in [2.05, 4.69) is 18.9 Å². The average Bonchev–Trinajstić information content (AvgIpc) is 2.39. The first-order valence-corrected chi connectivity index (χ1v) is 7.03. The molecule has 0 bridgehead atoms. The van der Waals surface area contributed by atoms with Crippen LogP contribution in [0.4, 0.5) is 0 Å². The lowest BCUT2D eigenvalue weighted by Gasteiger charge is -2.25. The van der Waals surface area contributed by atoms with E-state index in [9.17, 15) is 4.79 Å². The van der Waals surface area contributed by atoms with E-state index in [1.165, 1.54) is 0 Å². The maximum absolute atomic E-state index is 12.0. The third-order valence-electron chi connectivity index (χ3n) is 3.42. The molecule has 0 amide bonds. The summed E-state index contributed by atoms with van der Waals surface area (Å²) in [5, 5.41) is 0. The number of carbonyl (C=O) groups is 1. The van der Waals surface area contributed by atoms with Crippen molar-refractivity contribution in [1.29, 1.82) is 0 Å². The number of rotatable bonds is 4. The first-order chi connectivity index (χ1) is 9.15. The molecule has 1 aromatic heterocycles. The van der Waals surface area contributed by atoms with Crippen LogP contribution in [0, 0.1) is 0 Å². The molecule has 4 heteroatoms. The maximum atomic E-state index is 12.0. The molecule has 2 rings (SSSR count). The molecule has 1 aliphatic rings. The van der Waals surface area contributed by atoms with Gasteiger partial charge in [-0.15, -0.1) is 0 Å². The molecular weight excluding hydrogens is 240 g/mol. The van der Waals surface area contributed by atoms with Crippen LogP contribution in [0.25, 0.3) is 0 Å². The Morgan fingerprint density at radius 3 is 2.95 bits per heavy atom. The lowest BCUT2D eigenvalue weighted by atomic mass is 10.0. The number of aryl methyl sites for hydroxylation is 1. The molecule has 0 unspecified atom stereocenters. The fourth-order valence-corrected chi connectivity index (χ4v) is 2.47. The van der Waals surface area contributed by atoms with E-state index < -0.39 is 0 Å². The first kappa shape index (κ1) is 14.0. The third kappa shape index (κ3) is 3.13. The van der Waals surface area contributed by atoms with Gasteiger partial charge in [-0.05, 0) is 32.0 Å². The van der Waals surface area contributed by atoms with Gasteiger partial charge in [0.2, 0.25) is 0 Å². The largest absolute Gasteiger partial charge is 0.462 e. The summed E-state index contributed by atoms with van der Waals surface area (Å²) in [6.07, 6.45) is 2.78. The summed E-state index contributed by atoms with van der Waals surface area (Å²) in [4.78, 5) is 19.0. The van der Waals surface area contributed by atoms with Crippen molar-refractivity contribution in [3.63, 3.8) is 0 Å². The Bertz CT molecular complexity index is 471. The number of aromatic nitrogens is 1. The van der Waals surface area contributed by atoms with Crippen molar-refractivity contribution in [2.75, 3.05) is 20.2 Å². The van der Waals surface area contributed by atoms with Crippen LogP contribution in [0.3, 0.4) is 0 Å². The highest BCUT2D eigenvalue weighted by Crippen LogP contribution is 2.21. The first-order valence-electron chi connectivity index (χ1n) is 7.03. The summed E-state index contributed by atoms with van der Waals surface area (Å²) in [5.74, 6) is -0.241. The Kier molecular flexibility index (Phi) is 4.53. The van der Waals surface area contributed by atoms with Crippen molar-refractivity contribution in [2.24, 2.45) is 0 Å². The number of hydrogen-bond acceptors (Lipinski definition) is 4. The van der Waals surface area contributed by atoms with Crippen LogP contribution in [0.5, 0.6) is 0 Å². The number of ether oxygens (including phenoxy) is 1. The number of nitrogens with zero attached hydrogens (tertiary/aromatic N) is 2. The lowest BCUT2D eigenvalue weighted by molar-refractivity contribution is 0.0524. The smallest absolute Gasteiger partial charge is 0.339 e. The fourth-order valence-electron chi connectivity index (χ4n) is 2.47. The Morgan fingerprint density at radius 2 is 2.26 bits per heavy atom. The molecule has 0 atom stereocenters. The van der Waals surface area contributed by atoms with E-state index in [1.807, 2.05) is 13.0 Å². The average molecular weight is 262 g/mol. The minimum Gasteiger partial charge on any atom is -0.462 e. The summed E-state index contributed by atoms with van der Waals surface area (Å²) in [6.45, 7) is 6.23. The summed E-state index contributed by atoms with van der Waals surface area (Å²) >= 11 is 0. The standard InChI is InChI=1S/C15H22N2O2/c1-4-6-14-12(15(18)19-5-2)9-11-10-17(3)8-7-13(11)16-14/h9H,4-8,10H2,1-3H3. The molecule has 104 valence electrons. The van der Waals surface area contributed by atoms with Gasteiger partial charge >= 0.3 is 5.97 Å². The molecular formula is C15H22N2O2. The van der Waals surface area contributed by atoms with E-state index in [0.717, 1.165) is 49.3 Å². The fraction of sp³-hybridized carbons (Fsp3) is 0.600. The van der Waals surface area contributed by atoms with Gasteiger partial charge in [0.05, 0.1) is 17.9 Å². The SMILES string of the molecule is CCCc1nc2c(cc1C(=O)OCC)CN(C)CC2. The van der Waals surface area contributed by atoms with Crippen LogP contribution >= 0.6 is 0 Å². The lowest BCUT2D eigenvalue weighted by Crippen LogP contribution is -2.28. The number of fused-ring (bicyclic) bond motifs is 1. The summed E-state index contributed by atoms with van der Waals surface area (Å²) < 4.78 is 5.14. The van der Waals surface area contributed by atoms with Crippen molar-refractivity contribution >= 4 is 5.97 Å². The molecule has 0 aromatic carbocycles. The number of carbonyl (C=O) groups excluding carboxylic acids is 1. The third-order valence-corrected chi connectivity index (χ3v) is 3.42. The maximum Gasteiger partial charge on any atom is 0.339 e. The van der Waals surface area contributed by atoms with E-state index >= 15 is 0 Å². The van der Waals surface area contributed by atoms with Gasteiger partial charge in [0.15, 0.2) is 0 Å². The van der Waals surface area contributed by atoms with Gasteiger partial charge < -0.3 is 9.64 Å². The minimum atomic E-state index is -0.241. The zero-order chi connectivity index (χ0) is 13.8. The van der Waals surface area contributed by atoms with Crippen LogP contribution < -0.4 is 0 Å². The molecule has 4 nitrogen and oxygen atoms in total. The molecule has 0 radical (unpaired) electrons. The summed E-state index contributed by atoms with van der Waals surface area (Å²) in [7, 11) is 2.09. The molecule has 1 aromatic rings. The second kappa shape index (κ2) is 6.15. The van der Waals surface area contributed by atoms with Crippen molar-refractivity contribution in [3.05, 3.63) is 28.6 Å². The Balaban J connectivity index is 2.39. The Hall–Kier alpha value is -1.42. The van der Waals surface area contributed by atoms with E-state index in [4.69, 9.17) is 9.72 Å². The second-order valence-corrected chi connectivity index (χ2v) is 5.05. The van der Waals surface area contributed by atoms with Crippen molar-refractivity contribution in [3.8, 4) is 0 Å². The van der Waals surface area contributed by atoms with Crippen LogP contribution in [0.2, 0.25) is 0 Å². The number of esters is 1. The van der Waals surface area contributed by atoms with Crippen LogP contribution in [-0.2, 0) is 24.1 Å². The van der Waals surface area contributed by atoms with Crippen LogP contribution in [-0.4, -0.2) is 36.1 Å². The molecule has 0 saturated heterocycles. The molecule has 0 saturated carbocycles. The number of hydrogen-bond donors (Lipinski definition) is 0. The molecule has 2 heterocycles. The van der Waals surface area contributed by atoms with Crippen molar-refractivity contribution in [1.82, 2.24) is 9.88 Å². The van der Waals surface area contributed by atoms with Gasteiger partial charge in [-0.25, -0.2) is 4.79 Å². The van der Waals surface area contributed by atoms with Crippen LogP contribution in [0.1, 0.15) is 47.6 Å².